The van der Waals surface area contributed by atoms with Crippen LogP contribution < -0.4 is 11.1 Å². The van der Waals surface area contributed by atoms with Crippen molar-refractivity contribution in [2.75, 3.05) is 5.32 Å². The number of rotatable bonds is 4. The molecule has 0 saturated carbocycles. The van der Waals surface area contributed by atoms with E-state index in [1.165, 1.54) is 6.07 Å². The average molecular weight is 251 g/mol. The van der Waals surface area contributed by atoms with E-state index in [4.69, 9.17) is 5.73 Å². The number of aryl methyl sites for hydroxylation is 1. The van der Waals surface area contributed by atoms with Crippen LogP contribution in [0.1, 0.15) is 26.3 Å². The van der Waals surface area contributed by atoms with Gasteiger partial charge >= 0.3 is 0 Å². The van der Waals surface area contributed by atoms with Gasteiger partial charge in [0.05, 0.1) is 10.5 Å². The summed E-state index contributed by atoms with van der Waals surface area (Å²) in [6, 6.07) is 4.62. The molecule has 0 aromatic heterocycles. The lowest BCUT2D eigenvalue weighted by molar-refractivity contribution is -0.385. The normalized spacial score (nSPS) is 11.1. The van der Waals surface area contributed by atoms with Crippen LogP contribution in [0.15, 0.2) is 18.2 Å². The Morgan fingerprint density at radius 3 is 2.56 bits per heavy atom. The summed E-state index contributed by atoms with van der Waals surface area (Å²) in [4.78, 5) is 22.1. The third kappa shape index (κ3) is 3.27. The van der Waals surface area contributed by atoms with Gasteiger partial charge in [-0.2, -0.15) is 0 Å². The molecule has 0 saturated heterocycles. The van der Waals surface area contributed by atoms with Gasteiger partial charge < -0.3 is 11.1 Å². The fourth-order valence-electron chi connectivity index (χ4n) is 1.40. The van der Waals surface area contributed by atoms with Crippen molar-refractivity contribution in [2.24, 2.45) is 5.73 Å². The summed E-state index contributed by atoms with van der Waals surface area (Å²) in [5, 5.41) is 13.4. The van der Waals surface area contributed by atoms with E-state index < -0.39 is 10.5 Å². The molecule has 1 aromatic rings. The number of carbonyl (C=O) groups is 1. The van der Waals surface area contributed by atoms with Gasteiger partial charge in [-0.05, 0) is 26.3 Å². The number of nitrogens with two attached hydrogens (primary N) is 1. The zero-order valence-corrected chi connectivity index (χ0v) is 10.7. The number of nitrogens with zero attached hydrogens (tertiary/aromatic N) is 1. The highest BCUT2D eigenvalue weighted by atomic mass is 16.6. The number of amides is 1. The van der Waals surface area contributed by atoms with Crippen LogP contribution >= 0.6 is 0 Å². The number of nitro groups is 1. The van der Waals surface area contributed by atoms with Crippen molar-refractivity contribution in [1.29, 1.82) is 0 Å². The van der Waals surface area contributed by atoms with Crippen molar-refractivity contribution in [3.05, 3.63) is 33.9 Å². The van der Waals surface area contributed by atoms with Crippen molar-refractivity contribution >= 4 is 17.3 Å². The maximum atomic E-state index is 11.7. The lowest BCUT2D eigenvalue weighted by atomic mass is 10.1. The molecule has 0 radical (unpaired) electrons. The van der Waals surface area contributed by atoms with Crippen LogP contribution in [-0.2, 0) is 11.2 Å². The van der Waals surface area contributed by atoms with Crippen molar-refractivity contribution in [3.8, 4) is 0 Å². The zero-order valence-electron chi connectivity index (χ0n) is 10.7. The molecule has 0 bridgehead atoms. The molecular weight excluding hydrogens is 234 g/mol. The molecule has 6 heteroatoms. The van der Waals surface area contributed by atoms with E-state index in [1.807, 2.05) is 6.92 Å². The first-order valence-electron chi connectivity index (χ1n) is 5.63. The minimum atomic E-state index is -1.03. The Hall–Kier alpha value is -1.95. The predicted octanol–water partition coefficient (Wildman–Crippen LogP) is 1.83. The Kier molecular flexibility index (Phi) is 4.03. The van der Waals surface area contributed by atoms with E-state index in [9.17, 15) is 14.9 Å². The van der Waals surface area contributed by atoms with Crippen molar-refractivity contribution in [1.82, 2.24) is 0 Å². The second-order valence-corrected chi connectivity index (χ2v) is 4.63. The van der Waals surface area contributed by atoms with Gasteiger partial charge in [0.15, 0.2) is 0 Å². The fourth-order valence-corrected chi connectivity index (χ4v) is 1.40. The molecule has 1 rings (SSSR count). The van der Waals surface area contributed by atoms with Gasteiger partial charge in [-0.1, -0.05) is 13.0 Å². The molecule has 0 aliphatic carbocycles. The minimum Gasteiger partial charge on any atom is -0.324 e. The van der Waals surface area contributed by atoms with Gasteiger partial charge in [0.2, 0.25) is 5.91 Å². The van der Waals surface area contributed by atoms with Crippen LogP contribution in [0, 0.1) is 10.1 Å². The fraction of sp³-hybridized carbons (Fsp3) is 0.417. The number of carbonyl (C=O) groups excluding carboxylic acids is 1. The van der Waals surface area contributed by atoms with E-state index in [1.54, 1.807) is 26.0 Å². The minimum absolute atomic E-state index is 0.00475. The van der Waals surface area contributed by atoms with Gasteiger partial charge in [-0.25, -0.2) is 0 Å². The van der Waals surface area contributed by atoms with E-state index in [2.05, 4.69) is 5.32 Å². The van der Waals surface area contributed by atoms with Gasteiger partial charge in [0.25, 0.3) is 5.69 Å². The first-order valence-corrected chi connectivity index (χ1v) is 5.63. The van der Waals surface area contributed by atoms with E-state index in [-0.39, 0.29) is 11.6 Å². The lowest BCUT2D eigenvalue weighted by Crippen LogP contribution is -2.45. The Morgan fingerprint density at radius 2 is 2.11 bits per heavy atom. The third-order valence-electron chi connectivity index (χ3n) is 2.51. The average Bonchev–Trinajstić information content (AvgIpc) is 2.27. The molecule has 3 N–H and O–H groups in total. The zero-order chi connectivity index (χ0) is 13.9. The van der Waals surface area contributed by atoms with Gasteiger partial charge in [0.1, 0.15) is 0 Å². The van der Waals surface area contributed by atoms with E-state index in [0.29, 0.717) is 17.7 Å². The molecular formula is C12H17N3O3. The number of anilines is 1. The first-order chi connectivity index (χ1) is 8.25. The number of nitrogens with one attached hydrogen (secondary N) is 1. The van der Waals surface area contributed by atoms with E-state index in [0.717, 1.165) is 0 Å². The molecule has 6 nitrogen and oxygen atoms in total. The molecule has 18 heavy (non-hydrogen) atoms. The Labute approximate surface area is 105 Å². The molecule has 0 spiro atoms. The largest absolute Gasteiger partial charge is 0.324 e. The van der Waals surface area contributed by atoms with Crippen LogP contribution in [0.2, 0.25) is 0 Å². The summed E-state index contributed by atoms with van der Waals surface area (Å²) in [6.45, 7) is 4.97. The first kappa shape index (κ1) is 14.1. The number of hydrogen-bond acceptors (Lipinski definition) is 4. The molecule has 0 atom stereocenters. The lowest BCUT2D eigenvalue weighted by Gasteiger charge is -2.17. The van der Waals surface area contributed by atoms with Gasteiger partial charge in [-0.3, -0.25) is 14.9 Å². The van der Waals surface area contributed by atoms with Crippen molar-refractivity contribution in [3.63, 3.8) is 0 Å². The SMILES string of the molecule is CCc1ccc(NC(=O)C(C)(C)N)cc1[N+](=O)[O-]. The maximum absolute atomic E-state index is 11.7. The Bertz CT molecular complexity index is 478. The third-order valence-corrected chi connectivity index (χ3v) is 2.51. The maximum Gasteiger partial charge on any atom is 0.274 e. The summed E-state index contributed by atoms with van der Waals surface area (Å²) in [7, 11) is 0. The monoisotopic (exact) mass is 251 g/mol. The Morgan fingerprint density at radius 1 is 1.50 bits per heavy atom. The molecule has 0 aliphatic heterocycles. The molecule has 1 amide bonds. The quantitative estimate of drug-likeness (QED) is 0.630. The van der Waals surface area contributed by atoms with Gasteiger partial charge in [-0.15, -0.1) is 0 Å². The highest BCUT2D eigenvalue weighted by Crippen LogP contribution is 2.24. The summed E-state index contributed by atoms with van der Waals surface area (Å²) in [5.41, 5.74) is 5.62. The van der Waals surface area contributed by atoms with Crippen LogP contribution in [0.5, 0.6) is 0 Å². The van der Waals surface area contributed by atoms with Crippen LogP contribution in [-0.4, -0.2) is 16.4 Å². The molecule has 0 unspecified atom stereocenters. The summed E-state index contributed by atoms with van der Waals surface area (Å²) in [5.74, 6) is -0.388. The predicted molar refractivity (Wildman–Crippen MR) is 69.4 cm³/mol. The number of benzene rings is 1. The van der Waals surface area contributed by atoms with Crippen LogP contribution in [0.25, 0.3) is 0 Å². The molecule has 98 valence electrons. The van der Waals surface area contributed by atoms with Crippen LogP contribution in [0.4, 0.5) is 11.4 Å². The number of hydrogen-bond donors (Lipinski definition) is 2. The summed E-state index contributed by atoms with van der Waals surface area (Å²) >= 11 is 0. The van der Waals surface area contributed by atoms with Crippen molar-refractivity contribution < 1.29 is 9.72 Å². The van der Waals surface area contributed by atoms with Crippen molar-refractivity contribution in [2.45, 2.75) is 32.7 Å². The topological polar surface area (TPSA) is 98.3 Å². The summed E-state index contributed by atoms with van der Waals surface area (Å²) < 4.78 is 0. The van der Waals surface area contributed by atoms with E-state index >= 15 is 0 Å². The smallest absolute Gasteiger partial charge is 0.274 e. The second kappa shape index (κ2) is 5.14. The standard InChI is InChI=1S/C12H17N3O3/c1-4-8-5-6-9(7-10(8)15(17)18)14-11(16)12(2,3)13/h5-7H,4,13H2,1-3H3,(H,14,16). The molecule has 0 fully saturated rings. The summed E-state index contributed by atoms with van der Waals surface area (Å²) in [6.07, 6.45) is 0.562. The van der Waals surface area contributed by atoms with Gasteiger partial charge in [0, 0.05) is 17.3 Å². The molecule has 1 aromatic carbocycles. The highest BCUT2D eigenvalue weighted by molar-refractivity contribution is 5.97. The Balaban J connectivity index is 3.03. The van der Waals surface area contributed by atoms with Crippen LogP contribution in [0.3, 0.4) is 0 Å². The highest BCUT2D eigenvalue weighted by Gasteiger charge is 2.22. The molecule has 0 aliphatic rings. The number of nitro benzene ring substituents is 1. The second-order valence-electron chi connectivity index (χ2n) is 4.63. The molecule has 0 heterocycles.